The van der Waals surface area contributed by atoms with E-state index in [0.717, 1.165) is 0 Å². The molecule has 0 N–H and O–H groups in total. The van der Waals surface area contributed by atoms with Crippen molar-refractivity contribution in [2.75, 3.05) is 28.3 Å². The summed E-state index contributed by atoms with van der Waals surface area (Å²) in [7, 11) is 6.45. The van der Waals surface area contributed by atoms with Gasteiger partial charge in [0.05, 0.1) is 14.2 Å². The minimum atomic E-state index is -0.536. The Kier molecular flexibility index (Phi) is 5.05. The summed E-state index contributed by atoms with van der Waals surface area (Å²) in [6.07, 6.45) is 1.55. The molecule has 0 bridgehead atoms. The minimum absolute atomic E-state index is 0.107. The molecule has 0 saturated carbocycles. The largest absolute Gasteiger partial charge is 0.497 e. The SMILES string of the molecule is COC(=O)/C(=C\N(C)C)Oc1cccc(OC)c1. The zero-order valence-electron chi connectivity index (χ0n) is 11.0. The van der Waals surface area contributed by atoms with Gasteiger partial charge in [-0.2, -0.15) is 0 Å². The standard InChI is InChI=1S/C13H17NO4/c1-14(2)9-12(13(15)17-4)18-11-7-5-6-10(8-11)16-3/h5-9H,1-4H3/b12-9+. The third kappa shape index (κ3) is 4.01. The number of carbonyl (C=O) groups is 1. The summed E-state index contributed by atoms with van der Waals surface area (Å²) < 4.78 is 15.2. The van der Waals surface area contributed by atoms with Gasteiger partial charge < -0.3 is 19.1 Å². The Bertz CT molecular complexity index is 440. The van der Waals surface area contributed by atoms with Crippen molar-refractivity contribution in [3.63, 3.8) is 0 Å². The molecule has 0 aliphatic heterocycles. The molecule has 0 aliphatic rings. The molecule has 0 radical (unpaired) electrons. The van der Waals surface area contributed by atoms with E-state index in [1.807, 2.05) is 0 Å². The number of nitrogens with zero attached hydrogens (tertiary/aromatic N) is 1. The Labute approximate surface area is 107 Å². The maximum atomic E-state index is 11.5. The van der Waals surface area contributed by atoms with Crippen LogP contribution in [0.3, 0.4) is 0 Å². The molecule has 0 unspecified atom stereocenters. The fraction of sp³-hybridized carbons (Fsp3) is 0.308. The van der Waals surface area contributed by atoms with E-state index < -0.39 is 5.97 Å². The van der Waals surface area contributed by atoms with Gasteiger partial charge in [0, 0.05) is 26.4 Å². The second-order valence-electron chi connectivity index (χ2n) is 3.73. The van der Waals surface area contributed by atoms with E-state index in [1.54, 1.807) is 56.6 Å². The van der Waals surface area contributed by atoms with Gasteiger partial charge in [0.2, 0.25) is 5.76 Å². The van der Waals surface area contributed by atoms with Crippen LogP contribution < -0.4 is 9.47 Å². The predicted molar refractivity (Wildman–Crippen MR) is 67.4 cm³/mol. The first kappa shape index (κ1) is 13.9. The molecule has 0 atom stereocenters. The number of rotatable bonds is 5. The molecule has 1 rings (SSSR count). The van der Waals surface area contributed by atoms with Crippen molar-refractivity contribution >= 4 is 5.97 Å². The smallest absolute Gasteiger partial charge is 0.375 e. The number of benzene rings is 1. The van der Waals surface area contributed by atoms with Gasteiger partial charge in [-0.15, -0.1) is 0 Å². The van der Waals surface area contributed by atoms with E-state index in [0.29, 0.717) is 11.5 Å². The van der Waals surface area contributed by atoms with E-state index in [9.17, 15) is 4.79 Å². The van der Waals surface area contributed by atoms with E-state index in [-0.39, 0.29) is 5.76 Å². The zero-order chi connectivity index (χ0) is 13.5. The summed E-state index contributed by atoms with van der Waals surface area (Å²) in [6, 6.07) is 6.99. The lowest BCUT2D eigenvalue weighted by molar-refractivity contribution is -0.138. The number of methoxy groups -OCH3 is 2. The monoisotopic (exact) mass is 251 g/mol. The molecule has 0 saturated heterocycles. The molecule has 1 aromatic carbocycles. The average Bonchev–Trinajstić information content (AvgIpc) is 2.36. The van der Waals surface area contributed by atoms with Crippen LogP contribution in [0.2, 0.25) is 0 Å². The highest BCUT2D eigenvalue weighted by molar-refractivity contribution is 5.86. The molecule has 0 spiro atoms. The molecule has 0 amide bonds. The Morgan fingerprint density at radius 2 is 1.89 bits per heavy atom. The quantitative estimate of drug-likeness (QED) is 0.452. The van der Waals surface area contributed by atoms with Crippen LogP contribution in [0.15, 0.2) is 36.2 Å². The predicted octanol–water partition coefficient (Wildman–Crippen LogP) is 1.65. The molecular weight excluding hydrogens is 234 g/mol. The Morgan fingerprint density at radius 3 is 2.44 bits per heavy atom. The number of hydrogen-bond acceptors (Lipinski definition) is 5. The summed E-state index contributed by atoms with van der Waals surface area (Å²) in [5, 5.41) is 0. The van der Waals surface area contributed by atoms with Crippen molar-refractivity contribution < 1.29 is 19.0 Å². The van der Waals surface area contributed by atoms with Crippen LogP contribution >= 0.6 is 0 Å². The third-order valence-electron chi connectivity index (χ3n) is 2.03. The fourth-order valence-corrected chi connectivity index (χ4v) is 1.25. The lowest BCUT2D eigenvalue weighted by Gasteiger charge is -2.12. The van der Waals surface area contributed by atoms with Gasteiger partial charge in [0.1, 0.15) is 11.5 Å². The van der Waals surface area contributed by atoms with Crippen molar-refractivity contribution in [3.05, 3.63) is 36.2 Å². The molecule has 0 aromatic heterocycles. The molecule has 5 nitrogen and oxygen atoms in total. The molecule has 18 heavy (non-hydrogen) atoms. The van der Waals surface area contributed by atoms with Gasteiger partial charge in [-0.1, -0.05) is 6.07 Å². The zero-order valence-corrected chi connectivity index (χ0v) is 11.0. The second kappa shape index (κ2) is 6.54. The maximum Gasteiger partial charge on any atom is 0.375 e. The molecule has 5 heteroatoms. The molecule has 98 valence electrons. The number of esters is 1. The highest BCUT2D eigenvalue weighted by atomic mass is 16.6. The Hall–Kier alpha value is -2.17. The summed E-state index contributed by atoms with van der Waals surface area (Å²) in [5.41, 5.74) is 0. The average molecular weight is 251 g/mol. The second-order valence-corrected chi connectivity index (χ2v) is 3.73. The van der Waals surface area contributed by atoms with Gasteiger partial charge in [-0.3, -0.25) is 0 Å². The molecule has 0 fully saturated rings. The lowest BCUT2D eigenvalue weighted by atomic mass is 10.3. The van der Waals surface area contributed by atoms with Crippen LogP contribution in [0.25, 0.3) is 0 Å². The van der Waals surface area contributed by atoms with Crippen LogP contribution in [0.1, 0.15) is 0 Å². The van der Waals surface area contributed by atoms with Gasteiger partial charge in [0.25, 0.3) is 0 Å². The molecular formula is C13H17NO4. The van der Waals surface area contributed by atoms with E-state index in [2.05, 4.69) is 4.74 Å². The van der Waals surface area contributed by atoms with Crippen LogP contribution in [0, 0.1) is 0 Å². The first-order valence-corrected chi connectivity index (χ1v) is 5.35. The fourth-order valence-electron chi connectivity index (χ4n) is 1.25. The van der Waals surface area contributed by atoms with Crippen LogP contribution in [0.4, 0.5) is 0 Å². The minimum Gasteiger partial charge on any atom is -0.497 e. The summed E-state index contributed by atoms with van der Waals surface area (Å²) in [4.78, 5) is 13.2. The van der Waals surface area contributed by atoms with Crippen LogP contribution in [-0.4, -0.2) is 39.2 Å². The molecule has 0 aliphatic carbocycles. The first-order valence-electron chi connectivity index (χ1n) is 5.35. The van der Waals surface area contributed by atoms with E-state index in [1.165, 1.54) is 7.11 Å². The number of ether oxygens (including phenoxy) is 3. The molecule has 0 heterocycles. The Balaban J connectivity index is 2.92. The topological polar surface area (TPSA) is 48.0 Å². The third-order valence-corrected chi connectivity index (χ3v) is 2.03. The maximum absolute atomic E-state index is 11.5. The van der Waals surface area contributed by atoms with Gasteiger partial charge in [-0.05, 0) is 12.1 Å². The van der Waals surface area contributed by atoms with Crippen LogP contribution in [0.5, 0.6) is 11.5 Å². The highest BCUT2D eigenvalue weighted by Crippen LogP contribution is 2.21. The lowest BCUT2D eigenvalue weighted by Crippen LogP contribution is -2.15. The number of hydrogen-bond donors (Lipinski definition) is 0. The van der Waals surface area contributed by atoms with E-state index >= 15 is 0 Å². The van der Waals surface area contributed by atoms with Gasteiger partial charge in [-0.25, -0.2) is 4.79 Å². The van der Waals surface area contributed by atoms with E-state index in [4.69, 9.17) is 9.47 Å². The van der Waals surface area contributed by atoms with Crippen molar-refractivity contribution in [3.8, 4) is 11.5 Å². The van der Waals surface area contributed by atoms with Crippen LogP contribution in [-0.2, 0) is 9.53 Å². The summed E-state index contributed by atoms with van der Waals surface area (Å²) >= 11 is 0. The summed E-state index contributed by atoms with van der Waals surface area (Å²) in [6.45, 7) is 0. The number of carbonyl (C=O) groups excluding carboxylic acids is 1. The Morgan fingerprint density at radius 1 is 1.22 bits per heavy atom. The van der Waals surface area contributed by atoms with Crippen molar-refractivity contribution in [2.45, 2.75) is 0 Å². The van der Waals surface area contributed by atoms with Crippen molar-refractivity contribution in [2.24, 2.45) is 0 Å². The summed E-state index contributed by atoms with van der Waals surface area (Å²) in [5.74, 6) is 0.733. The first-order chi connectivity index (χ1) is 8.56. The molecule has 1 aromatic rings. The van der Waals surface area contributed by atoms with Gasteiger partial charge >= 0.3 is 5.97 Å². The highest BCUT2D eigenvalue weighted by Gasteiger charge is 2.13. The van der Waals surface area contributed by atoms with Crippen molar-refractivity contribution in [1.82, 2.24) is 4.90 Å². The normalized spacial score (nSPS) is 10.8. The van der Waals surface area contributed by atoms with Gasteiger partial charge in [0.15, 0.2) is 0 Å². The van der Waals surface area contributed by atoms with Crippen molar-refractivity contribution in [1.29, 1.82) is 0 Å².